The molecule has 0 saturated carbocycles. The molecule has 0 aliphatic rings. The Hall–Kier alpha value is -1.94. The van der Waals surface area contributed by atoms with Crippen molar-refractivity contribution in [1.82, 2.24) is 5.32 Å². The van der Waals surface area contributed by atoms with E-state index in [1.807, 2.05) is 19.1 Å². The average molecular weight is 275 g/mol. The van der Waals surface area contributed by atoms with Crippen molar-refractivity contribution in [3.8, 4) is 11.5 Å². The summed E-state index contributed by atoms with van der Waals surface area (Å²) in [6, 6.07) is 8.89. The number of aryl methyl sites for hydroxylation is 1. The molecule has 3 N–H and O–H groups in total. The van der Waals surface area contributed by atoms with E-state index in [0.717, 1.165) is 24.2 Å². The summed E-state index contributed by atoms with van der Waals surface area (Å²) in [6.45, 7) is 4.12. The second-order valence-corrected chi connectivity index (χ2v) is 5.19. The molecule has 20 heavy (non-hydrogen) atoms. The van der Waals surface area contributed by atoms with Gasteiger partial charge in [-0.25, -0.2) is 0 Å². The number of furan rings is 1. The molecule has 2 atom stereocenters. The lowest BCUT2D eigenvalue weighted by Crippen LogP contribution is -2.29. The van der Waals surface area contributed by atoms with Crippen molar-refractivity contribution in [3.05, 3.63) is 47.9 Å². The maximum Gasteiger partial charge on any atom is 0.119 e. The van der Waals surface area contributed by atoms with Crippen LogP contribution in [0.2, 0.25) is 0 Å². The van der Waals surface area contributed by atoms with Crippen LogP contribution < -0.4 is 5.32 Å². The summed E-state index contributed by atoms with van der Waals surface area (Å²) < 4.78 is 5.31. The lowest BCUT2D eigenvalue weighted by atomic mass is 10.1. The molecular weight excluding hydrogens is 254 g/mol. The quantitative estimate of drug-likeness (QED) is 0.756. The van der Waals surface area contributed by atoms with Crippen molar-refractivity contribution >= 4 is 0 Å². The monoisotopic (exact) mass is 275 g/mol. The van der Waals surface area contributed by atoms with Gasteiger partial charge in [0, 0.05) is 24.6 Å². The van der Waals surface area contributed by atoms with Crippen LogP contribution in [0.5, 0.6) is 11.5 Å². The topological polar surface area (TPSA) is 65.6 Å². The van der Waals surface area contributed by atoms with Crippen LogP contribution in [0.25, 0.3) is 0 Å². The fraction of sp³-hybridized carbons (Fsp3) is 0.375. The molecule has 1 aromatic carbocycles. The summed E-state index contributed by atoms with van der Waals surface area (Å²) in [7, 11) is 0. The van der Waals surface area contributed by atoms with E-state index in [-0.39, 0.29) is 17.5 Å². The second-order valence-electron chi connectivity index (χ2n) is 5.19. The van der Waals surface area contributed by atoms with Gasteiger partial charge in [-0.05, 0) is 50.1 Å². The molecule has 1 aromatic heterocycles. The van der Waals surface area contributed by atoms with Crippen molar-refractivity contribution in [2.75, 3.05) is 0 Å². The van der Waals surface area contributed by atoms with Crippen LogP contribution in [0.1, 0.15) is 37.6 Å². The number of nitrogens with one attached hydrogen (secondary N) is 1. The fourth-order valence-electron chi connectivity index (χ4n) is 2.29. The van der Waals surface area contributed by atoms with Gasteiger partial charge in [-0.2, -0.15) is 0 Å². The molecule has 1 heterocycles. The van der Waals surface area contributed by atoms with Crippen molar-refractivity contribution in [3.63, 3.8) is 0 Å². The molecule has 2 aromatic rings. The Morgan fingerprint density at radius 2 is 1.85 bits per heavy atom. The smallest absolute Gasteiger partial charge is 0.119 e. The summed E-state index contributed by atoms with van der Waals surface area (Å²) in [4.78, 5) is 0. The Balaban J connectivity index is 1.88. The molecule has 4 nitrogen and oxygen atoms in total. The number of hydrogen-bond donors (Lipinski definition) is 3. The van der Waals surface area contributed by atoms with E-state index in [2.05, 4.69) is 12.2 Å². The number of benzene rings is 1. The highest BCUT2D eigenvalue weighted by Gasteiger charge is 2.11. The first-order valence-electron chi connectivity index (χ1n) is 6.86. The number of hydrogen-bond acceptors (Lipinski definition) is 4. The van der Waals surface area contributed by atoms with Crippen molar-refractivity contribution in [2.45, 2.75) is 38.8 Å². The zero-order chi connectivity index (χ0) is 14.5. The third kappa shape index (κ3) is 4.03. The van der Waals surface area contributed by atoms with E-state index in [0.29, 0.717) is 6.04 Å². The molecule has 0 spiro atoms. The Labute approximate surface area is 119 Å². The summed E-state index contributed by atoms with van der Waals surface area (Å²) in [5.74, 6) is 1.15. The standard InChI is InChI=1S/C16H21NO3/c1-11(5-6-16-4-3-7-20-16)17-12(2)13-8-14(18)10-15(19)9-13/h3-4,7-12,17-19H,5-6H2,1-2H3. The normalized spacial score (nSPS) is 14.1. The molecule has 108 valence electrons. The van der Waals surface area contributed by atoms with E-state index < -0.39 is 0 Å². The lowest BCUT2D eigenvalue weighted by molar-refractivity contribution is 0.423. The molecule has 0 bridgehead atoms. The first-order valence-corrected chi connectivity index (χ1v) is 6.86. The fourth-order valence-corrected chi connectivity index (χ4v) is 2.29. The van der Waals surface area contributed by atoms with Crippen molar-refractivity contribution in [2.24, 2.45) is 0 Å². The van der Waals surface area contributed by atoms with Gasteiger partial charge in [0.05, 0.1) is 6.26 Å². The van der Waals surface area contributed by atoms with Gasteiger partial charge in [0.2, 0.25) is 0 Å². The molecule has 0 amide bonds. The maximum atomic E-state index is 9.51. The zero-order valence-electron chi connectivity index (χ0n) is 11.8. The number of aromatic hydroxyl groups is 2. The van der Waals surface area contributed by atoms with Crippen LogP contribution in [-0.4, -0.2) is 16.3 Å². The molecular formula is C16H21NO3. The third-order valence-electron chi connectivity index (χ3n) is 3.36. The predicted octanol–water partition coefficient (Wildman–Crippen LogP) is 3.36. The molecule has 2 unspecified atom stereocenters. The summed E-state index contributed by atoms with van der Waals surface area (Å²) in [6.07, 6.45) is 3.54. The Morgan fingerprint density at radius 3 is 2.45 bits per heavy atom. The largest absolute Gasteiger partial charge is 0.508 e. The molecule has 2 rings (SSSR count). The van der Waals surface area contributed by atoms with Gasteiger partial charge in [-0.3, -0.25) is 0 Å². The van der Waals surface area contributed by atoms with Crippen LogP contribution in [0.4, 0.5) is 0 Å². The van der Waals surface area contributed by atoms with Gasteiger partial charge < -0.3 is 19.9 Å². The second kappa shape index (κ2) is 6.48. The van der Waals surface area contributed by atoms with E-state index in [9.17, 15) is 10.2 Å². The van der Waals surface area contributed by atoms with Gasteiger partial charge in [-0.15, -0.1) is 0 Å². The average Bonchev–Trinajstić information content (AvgIpc) is 2.88. The Kier molecular flexibility index (Phi) is 4.69. The molecule has 4 heteroatoms. The lowest BCUT2D eigenvalue weighted by Gasteiger charge is -2.20. The van der Waals surface area contributed by atoms with Crippen LogP contribution in [-0.2, 0) is 6.42 Å². The first-order chi connectivity index (χ1) is 9.54. The van der Waals surface area contributed by atoms with Crippen molar-refractivity contribution in [1.29, 1.82) is 0 Å². The highest BCUT2D eigenvalue weighted by atomic mass is 16.3. The van der Waals surface area contributed by atoms with Crippen LogP contribution in [0, 0.1) is 0 Å². The molecule has 0 aliphatic carbocycles. The minimum atomic E-state index is 0.0552. The number of phenolic OH excluding ortho intramolecular Hbond substituents is 2. The van der Waals surface area contributed by atoms with Gasteiger partial charge in [0.25, 0.3) is 0 Å². The number of phenols is 2. The van der Waals surface area contributed by atoms with Crippen LogP contribution in [0.3, 0.4) is 0 Å². The minimum absolute atomic E-state index is 0.0552. The summed E-state index contributed by atoms with van der Waals surface area (Å²) in [5.41, 5.74) is 0.868. The summed E-state index contributed by atoms with van der Waals surface area (Å²) in [5, 5.41) is 22.5. The Morgan fingerprint density at radius 1 is 1.15 bits per heavy atom. The highest BCUT2D eigenvalue weighted by molar-refractivity contribution is 5.37. The summed E-state index contributed by atoms with van der Waals surface area (Å²) >= 11 is 0. The van der Waals surface area contributed by atoms with E-state index in [1.54, 1.807) is 18.4 Å². The van der Waals surface area contributed by atoms with Gasteiger partial charge in [0.1, 0.15) is 17.3 Å². The van der Waals surface area contributed by atoms with Crippen LogP contribution in [0.15, 0.2) is 41.0 Å². The van der Waals surface area contributed by atoms with Gasteiger partial charge >= 0.3 is 0 Å². The van der Waals surface area contributed by atoms with E-state index in [4.69, 9.17) is 4.42 Å². The Bertz CT molecular complexity index is 516. The van der Waals surface area contributed by atoms with Crippen molar-refractivity contribution < 1.29 is 14.6 Å². The molecule has 0 aliphatic heterocycles. The van der Waals surface area contributed by atoms with Gasteiger partial charge in [-0.1, -0.05) is 0 Å². The molecule has 0 radical (unpaired) electrons. The van der Waals surface area contributed by atoms with E-state index in [1.165, 1.54) is 6.07 Å². The third-order valence-corrected chi connectivity index (χ3v) is 3.36. The minimum Gasteiger partial charge on any atom is -0.508 e. The highest BCUT2D eigenvalue weighted by Crippen LogP contribution is 2.25. The SMILES string of the molecule is CC(CCc1ccco1)NC(C)c1cc(O)cc(O)c1. The van der Waals surface area contributed by atoms with Crippen LogP contribution >= 0.6 is 0 Å². The maximum absolute atomic E-state index is 9.51. The zero-order valence-corrected chi connectivity index (χ0v) is 11.8. The van der Waals surface area contributed by atoms with E-state index >= 15 is 0 Å². The molecule has 0 saturated heterocycles. The molecule has 0 fully saturated rings. The first kappa shape index (κ1) is 14.5. The van der Waals surface area contributed by atoms with Gasteiger partial charge in [0.15, 0.2) is 0 Å². The predicted molar refractivity (Wildman–Crippen MR) is 77.8 cm³/mol. The number of rotatable bonds is 6.